The fraction of sp³-hybridized carbons (Fsp3) is 0.235. The molecule has 1 aromatic heterocycles. The van der Waals surface area contributed by atoms with Gasteiger partial charge in [-0.2, -0.15) is 0 Å². The van der Waals surface area contributed by atoms with Crippen molar-refractivity contribution in [3.05, 3.63) is 70.1 Å². The fourth-order valence-corrected chi connectivity index (χ4v) is 2.80. The van der Waals surface area contributed by atoms with Crippen LogP contribution in [-0.4, -0.2) is 14.2 Å². The lowest BCUT2D eigenvalue weighted by Crippen LogP contribution is -2.26. The number of benzene rings is 2. The van der Waals surface area contributed by atoms with E-state index in [0.717, 1.165) is 17.6 Å². The summed E-state index contributed by atoms with van der Waals surface area (Å²) in [5.41, 5.74) is 1.12. The molecule has 0 aliphatic rings. The third-order valence-corrected chi connectivity index (χ3v) is 3.92. The minimum absolute atomic E-state index is 0.0355. The molecular weight excluding hydrogens is 302 g/mol. The average molecular weight is 318 g/mol. The molecule has 0 fully saturated rings. The van der Waals surface area contributed by atoms with E-state index >= 15 is 0 Å². The first-order valence-corrected chi connectivity index (χ1v) is 7.34. The molecule has 1 atom stereocenters. The maximum atomic E-state index is 13.8. The SMILES string of the molecule is CCn1c(=O)n(C[C@@H](O)c2ccc(F)cc2F)c2ccccc21. The number of imidazole rings is 1. The van der Waals surface area contributed by atoms with Crippen LogP contribution in [0.15, 0.2) is 47.3 Å². The summed E-state index contributed by atoms with van der Waals surface area (Å²) in [6.45, 7) is 2.25. The molecule has 0 aliphatic heterocycles. The van der Waals surface area contributed by atoms with Crippen molar-refractivity contribution in [3.8, 4) is 0 Å². The van der Waals surface area contributed by atoms with Gasteiger partial charge in [-0.3, -0.25) is 9.13 Å². The molecule has 1 heterocycles. The molecule has 2 aromatic carbocycles. The van der Waals surface area contributed by atoms with Crippen molar-refractivity contribution in [1.82, 2.24) is 9.13 Å². The second-order valence-electron chi connectivity index (χ2n) is 5.31. The highest BCUT2D eigenvalue weighted by molar-refractivity contribution is 5.76. The second kappa shape index (κ2) is 5.96. The van der Waals surface area contributed by atoms with Gasteiger partial charge < -0.3 is 5.11 Å². The molecule has 0 amide bonds. The predicted molar refractivity (Wildman–Crippen MR) is 83.2 cm³/mol. The fourth-order valence-electron chi connectivity index (χ4n) is 2.80. The zero-order valence-electron chi connectivity index (χ0n) is 12.5. The number of para-hydroxylation sites is 2. The van der Waals surface area contributed by atoms with Crippen LogP contribution in [0.4, 0.5) is 8.78 Å². The number of aliphatic hydroxyl groups is 1. The monoisotopic (exact) mass is 318 g/mol. The van der Waals surface area contributed by atoms with E-state index in [0.29, 0.717) is 12.1 Å². The molecule has 3 rings (SSSR count). The van der Waals surface area contributed by atoms with Gasteiger partial charge in [-0.25, -0.2) is 13.6 Å². The molecule has 6 heteroatoms. The standard InChI is InChI=1S/C17H16F2N2O2/c1-2-20-14-5-3-4-6-15(14)21(17(20)23)10-16(22)12-8-7-11(18)9-13(12)19/h3-9,16,22H,2,10H2,1H3/t16-/m1/s1. The lowest BCUT2D eigenvalue weighted by Gasteiger charge is -2.13. The number of aliphatic hydroxyl groups excluding tert-OH is 1. The van der Waals surface area contributed by atoms with E-state index in [4.69, 9.17) is 0 Å². The summed E-state index contributed by atoms with van der Waals surface area (Å²) in [6.07, 6.45) is -1.25. The zero-order valence-corrected chi connectivity index (χ0v) is 12.5. The predicted octanol–water partition coefficient (Wildman–Crippen LogP) is 2.83. The summed E-state index contributed by atoms with van der Waals surface area (Å²) in [7, 11) is 0. The van der Waals surface area contributed by atoms with Crippen LogP contribution in [0.3, 0.4) is 0 Å². The number of hydrogen-bond donors (Lipinski definition) is 1. The molecule has 23 heavy (non-hydrogen) atoms. The van der Waals surface area contributed by atoms with Crippen molar-refractivity contribution in [1.29, 1.82) is 0 Å². The highest BCUT2D eigenvalue weighted by Crippen LogP contribution is 2.21. The third-order valence-electron chi connectivity index (χ3n) is 3.92. The van der Waals surface area contributed by atoms with Gasteiger partial charge in [-0.05, 0) is 25.1 Å². The molecule has 120 valence electrons. The molecule has 0 saturated carbocycles. The first kappa shape index (κ1) is 15.4. The first-order chi connectivity index (χ1) is 11.0. The molecular formula is C17H16F2N2O2. The summed E-state index contributed by atoms with van der Waals surface area (Å²) >= 11 is 0. The number of rotatable bonds is 4. The van der Waals surface area contributed by atoms with Gasteiger partial charge in [0.2, 0.25) is 0 Å². The van der Waals surface area contributed by atoms with Gasteiger partial charge in [-0.15, -0.1) is 0 Å². The molecule has 0 spiro atoms. The van der Waals surface area contributed by atoms with Crippen LogP contribution >= 0.6 is 0 Å². The number of nitrogens with zero attached hydrogens (tertiary/aromatic N) is 2. The second-order valence-corrected chi connectivity index (χ2v) is 5.31. The molecule has 1 N–H and O–H groups in total. The van der Waals surface area contributed by atoms with Gasteiger partial charge in [0.25, 0.3) is 0 Å². The molecule has 0 aliphatic carbocycles. The Morgan fingerprint density at radius 1 is 1.09 bits per heavy atom. The Kier molecular flexibility index (Phi) is 4.00. The van der Waals surface area contributed by atoms with Crippen molar-refractivity contribution < 1.29 is 13.9 Å². The first-order valence-electron chi connectivity index (χ1n) is 7.34. The van der Waals surface area contributed by atoms with E-state index < -0.39 is 17.7 Å². The minimum Gasteiger partial charge on any atom is -0.386 e. The minimum atomic E-state index is -1.25. The molecule has 0 radical (unpaired) electrons. The number of hydrogen-bond acceptors (Lipinski definition) is 2. The van der Waals surface area contributed by atoms with Gasteiger partial charge in [0.05, 0.1) is 23.7 Å². The van der Waals surface area contributed by atoms with E-state index in [1.54, 1.807) is 16.7 Å². The summed E-state index contributed by atoms with van der Waals surface area (Å²) in [5.74, 6) is -1.54. The lowest BCUT2D eigenvalue weighted by atomic mass is 10.1. The highest BCUT2D eigenvalue weighted by Gasteiger charge is 2.18. The van der Waals surface area contributed by atoms with Crippen LogP contribution in [0.5, 0.6) is 0 Å². The summed E-state index contributed by atoms with van der Waals surface area (Å²) < 4.78 is 29.8. The van der Waals surface area contributed by atoms with Crippen LogP contribution in [0, 0.1) is 11.6 Å². The molecule has 0 unspecified atom stereocenters. The number of fused-ring (bicyclic) bond motifs is 1. The Morgan fingerprint density at radius 2 is 1.74 bits per heavy atom. The van der Waals surface area contributed by atoms with E-state index in [1.165, 1.54) is 10.6 Å². The maximum Gasteiger partial charge on any atom is 0.329 e. The smallest absolute Gasteiger partial charge is 0.329 e. The summed E-state index contributed by atoms with van der Waals surface area (Å²) in [4.78, 5) is 12.5. The van der Waals surface area contributed by atoms with Gasteiger partial charge in [0.15, 0.2) is 0 Å². The zero-order chi connectivity index (χ0) is 16.6. The Bertz CT molecular complexity index is 915. The van der Waals surface area contributed by atoms with E-state index in [-0.39, 0.29) is 17.8 Å². The number of halogens is 2. The van der Waals surface area contributed by atoms with E-state index in [1.807, 2.05) is 19.1 Å². The maximum absolute atomic E-state index is 13.8. The van der Waals surface area contributed by atoms with Gasteiger partial charge >= 0.3 is 5.69 Å². The van der Waals surface area contributed by atoms with Gasteiger partial charge in [-0.1, -0.05) is 18.2 Å². The summed E-state index contributed by atoms with van der Waals surface area (Å²) in [6, 6.07) is 10.2. The van der Waals surface area contributed by atoms with Crippen molar-refractivity contribution in [2.75, 3.05) is 0 Å². The molecule has 0 bridgehead atoms. The largest absolute Gasteiger partial charge is 0.386 e. The third kappa shape index (κ3) is 2.66. The van der Waals surface area contributed by atoms with Crippen LogP contribution < -0.4 is 5.69 Å². The topological polar surface area (TPSA) is 47.2 Å². The van der Waals surface area contributed by atoms with Gasteiger partial charge in [0.1, 0.15) is 11.6 Å². The van der Waals surface area contributed by atoms with Crippen molar-refractivity contribution in [3.63, 3.8) is 0 Å². The van der Waals surface area contributed by atoms with Crippen LogP contribution in [-0.2, 0) is 13.1 Å². The average Bonchev–Trinajstić information content (AvgIpc) is 2.79. The van der Waals surface area contributed by atoms with Crippen LogP contribution in [0.1, 0.15) is 18.6 Å². The van der Waals surface area contributed by atoms with Crippen LogP contribution in [0.25, 0.3) is 11.0 Å². The highest BCUT2D eigenvalue weighted by atomic mass is 19.1. The summed E-state index contributed by atoms with van der Waals surface area (Å²) in [5, 5.41) is 10.3. The Balaban J connectivity index is 2.04. The molecule has 4 nitrogen and oxygen atoms in total. The van der Waals surface area contributed by atoms with Gasteiger partial charge in [0, 0.05) is 18.2 Å². The Morgan fingerprint density at radius 3 is 2.35 bits per heavy atom. The Labute approximate surface area is 131 Å². The van der Waals surface area contributed by atoms with Crippen molar-refractivity contribution in [2.45, 2.75) is 26.1 Å². The van der Waals surface area contributed by atoms with E-state index in [2.05, 4.69) is 0 Å². The van der Waals surface area contributed by atoms with Crippen LogP contribution in [0.2, 0.25) is 0 Å². The molecule has 0 saturated heterocycles. The Hall–Kier alpha value is -2.47. The van der Waals surface area contributed by atoms with E-state index in [9.17, 15) is 18.7 Å². The molecule has 3 aromatic rings. The van der Waals surface area contributed by atoms with Crippen molar-refractivity contribution in [2.24, 2.45) is 0 Å². The number of aromatic nitrogens is 2. The van der Waals surface area contributed by atoms with Crippen molar-refractivity contribution >= 4 is 11.0 Å². The normalized spacial score (nSPS) is 12.7. The lowest BCUT2D eigenvalue weighted by molar-refractivity contribution is 0.152. The quantitative estimate of drug-likeness (QED) is 0.804. The number of aryl methyl sites for hydroxylation is 1.